The Hall–Kier alpha value is -1.01. The van der Waals surface area contributed by atoms with Crippen molar-refractivity contribution in [2.24, 2.45) is 16.6 Å². The molecule has 6 heteroatoms. The third-order valence-corrected chi connectivity index (χ3v) is 0.831. The number of aliphatic hydroxyl groups excluding tert-OH is 1. The lowest BCUT2D eigenvalue weighted by molar-refractivity contribution is -0.124. The molecule has 0 aliphatic heterocycles. The topological polar surface area (TPSA) is 119 Å². The summed E-state index contributed by atoms with van der Waals surface area (Å²) in [5, 5.41) is 10.4. The zero-order valence-electron chi connectivity index (χ0n) is 4.57. The Morgan fingerprint density at radius 2 is 2.22 bits per heavy atom. The number of nitrogens with zero attached hydrogens (tertiary/aromatic N) is 1. The van der Waals surface area contributed by atoms with Crippen molar-refractivity contribution in [3.05, 3.63) is 4.91 Å². The molecule has 0 saturated carbocycles. The van der Waals surface area contributed by atoms with Crippen molar-refractivity contribution in [1.29, 1.82) is 0 Å². The maximum Gasteiger partial charge on any atom is 0.266 e. The van der Waals surface area contributed by atoms with Gasteiger partial charge in [-0.05, 0) is 5.18 Å². The molecule has 0 aliphatic rings. The monoisotopic (exact) mass is 133 g/mol. The molecule has 0 aromatic heterocycles. The second-order valence-corrected chi connectivity index (χ2v) is 1.54. The van der Waals surface area contributed by atoms with Gasteiger partial charge in [-0.3, -0.25) is 10.5 Å². The quantitative estimate of drug-likeness (QED) is 0.381. The molecule has 0 aliphatic carbocycles. The number of nitroso groups, excluding NO2 is 1. The second kappa shape index (κ2) is 2.51. The number of hydrogen-bond acceptors (Lipinski definition) is 5. The molecule has 1 atom stereocenters. The smallest absolute Gasteiger partial charge is 0.266 e. The Morgan fingerprint density at radius 1 is 1.78 bits per heavy atom. The maximum atomic E-state index is 10.1. The summed E-state index contributed by atoms with van der Waals surface area (Å²) in [6.45, 7) is -0.869. The third kappa shape index (κ3) is 1.44. The van der Waals surface area contributed by atoms with E-state index >= 15 is 0 Å². The largest absolute Gasteiger partial charge is 0.392 e. The Kier molecular flexibility index (Phi) is 2.23. The van der Waals surface area contributed by atoms with Crippen molar-refractivity contribution >= 4 is 5.91 Å². The number of carbonyl (C=O) groups excluding carboxylic acids is 1. The zero-order chi connectivity index (χ0) is 7.49. The number of hydrogen-bond donors (Lipinski definition) is 3. The highest BCUT2D eigenvalue weighted by atomic mass is 16.3. The molecule has 0 heterocycles. The fourth-order valence-corrected chi connectivity index (χ4v) is 0.152. The molecule has 5 N–H and O–H groups in total. The van der Waals surface area contributed by atoms with Crippen LogP contribution in [0.25, 0.3) is 0 Å². The van der Waals surface area contributed by atoms with E-state index in [4.69, 9.17) is 10.8 Å². The van der Waals surface area contributed by atoms with Crippen molar-refractivity contribution in [2.75, 3.05) is 6.61 Å². The predicted molar refractivity (Wildman–Crippen MR) is 29.0 cm³/mol. The minimum atomic E-state index is -2.15. The van der Waals surface area contributed by atoms with Gasteiger partial charge in [0, 0.05) is 0 Å². The molecular formula is C3H7N3O3. The van der Waals surface area contributed by atoms with E-state index in [0.717, 1.165) is 0 Å². The molecule has 1 amide bonds. The molecule has 0 fully saturated rings. The van der Waals surface area contributed by atoms with Gasteiger partial charge in [-0.25, -0.2) is 0 Å². The number of nitrogens with two attached hydrogens (primary N) is 2. The van der Waals surface area contributed by atoms with E-state index in [1.54, 1.807) is 0 Å². The number of aliphatic hydroxyl groups is 1. The van der Waals surface area contributed by atoms with Gasteiger partial charge in [0.05, 0.1) is 6.61 Å². The fourth-order valence-electron chi connectivity index (χ4n) is 0.152. The first kappa shape index (κ1) is 7.99. The highest BCUT2D eigenvalue weighted by Gasteiger charge is 2.32. The predicted octanol–water partition coefficient (Wildman–Crippen LogP) is -2.11. The van der Waals surface area contributed by atoms with Gasteiger partial charge in [-0.1, -0.05) is 0 Å². The molecule has 0 aromatic carbocycles. The van der Waals surface area contributed by atoms with Gasteiger partial charge in [0.15, 0.2) is 0 Å². The minimum Gasteiger partial charge on any atom is -0.392 e. The van der Waals surface area contributed by atoms with Gasteiger partial charge >= 0.3 is 0 Å². The zero-order valence-corrected chi connectivity index (χ0v) is 4.57. The summed E-state index contributed by atoms with van der Waals surface area (Å²) in [5.74, 6) is -1.14. The van der Waals surface area contributed by atoms with Crippen molar-refractivity contribution in [1.82, 2.24) is 0 Å². The molecule has 6 nitrogen and oxygen atoms in total. The lowest BCUT2D eigenvalue weighted by Crippen LogP contribution is -2.53. The summed E-state index contributed by atoms with van der Waals surface area (Å²) in [5.41, 5.74) is 7.26. The normalized spacial score (nSPS) is 16.2. The van der Waals surface area contributed by atoms with Gasteiger partial charge in [-0.2, -0.15) is 0 Å². The first-order chi connectivity index (χ1) is 4.06. The molecule has 0 rings (SSSR count). The van der Waals surface area contributed by atoms with Crippen LogP contribution in [-0.4, -0.2) is 23.3 Å². The standard InChI is InChI=1S/C3H7N3O3/c4-2(8)3(5,1-7)6-9/h7H,1,5H2,(H2,4,8). The van der Waals surface area contributed by atoms with E-state index in [9.17, 15) is 9.70 Å². The van der Waals surface area contributed by atoms with E-state index < -0.39 is 18.2 Å². The van der Waals surface area contributed by atoms with Gasteiger partial charge in [-0.15, -0.1) is 4.91 Å². The molecular weight excluding hydrogens is 126 g/mol. The molecule has 0 aromatic rings. The van der Waals surface area contributed by atoms with Crippen LogP contribution in [0, 0.1) is 4.91 Å². The average Bonchev–Trinajstić information content (AvgIpc) is 1.86. The Bertz CT molecular complexity index is 136. The van der Waals surface area contributed by atoms with Crippen LogP contribution in [0.15, 0.2) is 5.18 Å². The summed E-state index contributed by atoms with van der Waals surface area (Å²) >= 11 is 0. The first-order valence-corrected chi connectivity index (χ1v) is 2.11. The van der Waals surface area contributed by atoms with Gasteiger partial charge in [0.1, 0.15) is 0 Å². The highest BCUT2D eigenvalue weighted by Crippen LogP contribution is 1.97. The van der Waals surface area contributed by atoms with Gasteiger partial charge < -0.3 is 10.8 Å². The van der Waals surface area contributed by atoms with Crippen LogP contribution in [-0.2, 0) is 4.79 Å². The Balaban J connectivity index is 4.27. The average molecular weight is 133 g/mol. The summed E-state index contributed by atoms with van der Waals surface area (Å²) < 4.78 is 0. The molecule has 0 bridgehead atoms. The van der Waals surface area contributed by atoms with Crippen molar-refractivity contribution in [2.45, 2.75) is 5.66 Å². The van der Waals surface area contributed by atoms with Crippen molar-refractivity contribution < 1.29 is 9.90 Å². The molecule has 9 heavy (non-hydrogen) atoms. The lowest BCUT2D eigenvalue weighted by Gasteiger charge is -2.11. The van der Waals surface area contributed by atoms with Crippen LogP contribution in [0.1, 0.15) is 0 Å². The molecule has 0 spiro atoms. The molecule has 0 saturated heterocycles. The Morgan fingerprint density at radius 3 is 2.22 bits per heavy atom. The van der Waals surface area contributed by atoms with E-state index in [-0.39, 0.29) is 0 Å². The van der Waals surface area contributed by atoms with Gasteiger partial charge in [0.25, 0.3) is 11.6 Å². The number of rotatable bonds is 3. The summed E-state index contributed by atoms with van der Waals surface area (Å²) in [4.78, 5) is 19.8. The summed E-state index contributed by atoms with van der Waals surface area (Å²) in [6.07, 6.45) is 0. The van der Waals surface area contributed by atoms with Crippen molar-refractivity contribution in [3.63, 3.8) is 0 Å². The fraction of sp³-hybridized carbons (Fsp3) is 0.667. The summed E-state index contributed by atoms with van der Waals surface area (Å²) in [7, 11) is 0. The van der Waals surface area contributed by atoms with Crippen molar-refractivity contribution in [3.8, 4) is 0 Å². The van der Waals surface area contributed by atoms with Crippen LogP contribution in [0.4, 0.5) is 0 Å². The second-order valence-electron chi connectivity index (χ2n) is 1.54. The number of primary amides is 1. The van der Waals surface area contributed by atoms with E-state index in [1.807, 2.05) is 0 Å². The number of amides is 1. The Labute approximate surface area is 50.8 Å². The van der Waals surface area contributed by atoms with Crippen LogP contribution >= 0.6 is 0 Å². The molecule has 1 unspecified atom stereocenters. The van der Waals surface area contributed by atoms with Gasteiger partial charge in [0.2, 0.25) is 0 Å². The lowest BCUT2D eigenvalue weighted by atomic mass is 10.2. The van der Waals surface area contributed by atoms with Crippen LogP contribution in [0.5, 0.6) is 0 Å². The summed E-state index contributed by atoms with van der Waals surface area (Å²) in [6, 6.07) is 0. The maximum absolute atomic E-state index is 10.1. The first-order valence-electron chi connectivity index (χ1n) is 2.11. The van der Waals surface area contributed by atoms with E-state index in [0.29, 0.717) is 0 Å². The van der Waals surface area contributed by atoms with Crippen LogP contribution < -0.4 is 11.5 Å². The van der Waals surface area contributed by atoms with Crippen LogP contribution in [0.3, 0.4) is 0 Å². The minimum absolute atomic E-state index is 0.869. The van der Waals surface area contributed by atoms with E-state index in [2.05, 4.69) is 10.9 Å². The molecule has 0 radical (unpaired) electrons. The third-order valence-electron chi connectivity index (χ3n) is 0.831. The van der Waals surface area contributed by atoms with Crippen LogP contribution in [0.2, 0.25) is 0 Å². The molecule has 52 valence electrons. The highest BCUT2D eigenvalue weighted by molar-refractivity contribution is 5.84. The number of carbonyl (C=O) groups is 1. The SMILES string of the molecule is NC(=O)C(N)(CO)N=O. The van der Waals surface area contributed by atoms with E-state index in [1.165, 1.54) is 0 Å².